The third kappa shape index (κ3) is 3.58. The molecule has 0 aromatic heterocycles. The summed E-state index contributed by atoms with van der Waals surface area (Å²) in [5, 5.41) is 0. The van der Waals surface area contributed by atoms with Crippen LogP contribution in [-0.4, -0.2) is 0 Å². The van der Waals surface area contributed by atoms with Gasteiger partial charge in [-0.3, -0.25) is 0 Å². The van der Waals surface area contributed by atoms with Crippen molar-refractivity contribution >= 4 is 0 Å². The standard InChI is InChI=1S/C13H17.3CH3.Ti/c1-3-7-12-10(5-1)9-11-6-2-4-8-13(11)12;;;;/h1,3,5,7,9-13H,2,4,6,8H2;3*1H3;/q4*-1;+4. The van der Waals surface area contributed by atoms with Crippen molar-refractivity contribution in [3.8, 4) is 0 Å². The van der Waals surface area contributed by atoms with E-state index in [0.29, 0.717) is 0 Å². The summed E-state index contributed by atoms with van der Waals surface area (Å²) in [6.07, 6.45) is 17.8. The van der Waals surface area contributed by atoms with E-state index in [-0.39, 0.29) is 44.0 Å². The zero-order valence-corrected chi connectivity index (χ0v) is 13.1. The molecule has 0 N–H and O–H groups in total. The van der Waals surface area contributed by atoms with E-state index < -0.39 is 0 Å². The van der Waals surface area contributed by atoms with Crippen LogP contribution in [0.5, 0.6) is 0 Å². The SMILES string of the molecule is C1=CC2[CH-]C3CCCCC3C2C=C1.[CH3-].[CH3-].[CH3-].[Ti+4]. The predicted molar refractivity (Wildman–Crippen MR) is 74.3 cm³/mol. The molecule has 3 aliphatic rings. The van der Waals surface area contributed by atoms with Crippen LogP contribution in [0.1, 0.15) is 25.7 Å². The Morgan fingerprint density at radius 1 is 0.882 bits per heavy atom. The number of hydrogen-bond donors (Lipinski definition) is 0. The van der Waals surface area contributed by atoms with Gasteiger partial charge in [-0.1, -0.05) is 49.8 Å². The van der Waals surface area contributed by atoms with Crippen LogP contribution >= 0.6 is 0 Å². The number of allylic oxidation sites excluding steroid dienone is 4. The molecule has 0 saturated heterocycles. The maximum atomic E-state index is 2.62. The van der Waals surface area contributed by atoms with Crippen LogP contribution in [0.2, 0.25) is 0 Å². The third-order valence-corrected chi connectivity index (χ3v) is 4.06. The minimum absolute atomic E-state index is 0. The fraction of sp³-hybridized carbons (Fsp3) is 0.500. The second-order valence-corrected chi connectivity index (χ2v) is 4.73. The molecule has 3 aliphatic carbocycles. The Kier molecular flexibility index (Phi) is 9.56. The summed E-state index contributed by atoms with van der Waals surface area (Å²) >= 11 is 0. The number of rotatable bonds is 0. The second kappa shape index (κ2) is 8.32. The maximum Gasteiger partial charge on any atom is 4.00 e. The minimum Gasteiger partial charge on any atom is -0.358 e. The molecule has 94 valence electrons. The summed E-state index contributed by atoms with van der Waals surface area (Å²) in [4.78, 5) is 0. The van der Waals surface area contributed by atoms with Crippen molar-refractivity contribution in [1.29, 1.82) is 0 Å². The summed E-state index contributed by atoms with van der Waals surface area (Å²) in [5.41, 5.74) is 0. The van der Waals surface area contributed by atoms with Crippen molar-refractivity contribution in [2.75, 3.05) is 0 Å². The van der Waals surface area contributed by atoms with Crippen LogP contribution in [0, 0.1) is 52.4 Å². The van der Waals surface area contributed by atoms with Gasteiger partial charge >= 0.3 is 21.7 Å². The largest absolute Gasteiger partial charge is 4.00 e. The quantitative estimate of drug-likeness (QED) is 0.439. The van der Waals surface area contributed by atoms with Crippen LogP contribution in [0.3, 0.4) is 0 Å². The number of hydrogen-bond acceptors (Lipinski definition) is 0. The van der Waals surface area contributed by atoms with Gasteiger partial charge in [-0.15, -0.1) is 12.0 Å². The molecule has 17 heavy (non-hydrogen) atoms. The predicted octanol–water partition coefficient (Wildman–Crippen LogP) is 4.72. The van der Waals surface area contributed by atoms with Gasteiger partial charge in [0.05, 0.1) is 0 Å². The Labute approximate surface area is 124 Å². The zero-order chi connectivity index (χ0) is 8.67. The minimum atomic E-state index is 0. The fourth-order valence-corrected chi connectivity index (χ4v) is 3.45. The van der Waals surface area contributed by atoms with E-state index in [0.717, 1.165) is 23.7 Å². The summed E-state index contributed by atoms with van der Waals surface area (Å²) in [6, 6.07) is 0. The van der Waals surface area contributed by atoms with Crippen molar-refractivity contribution in [3.63, 3.8) is 0 Å². The molecule has 0 aromatic carbocycles. The molecule has 0 aliphatic heterocycles. The molecule has 0 bridgehead atoms. The normalized spacial score (nSPS) is 36.2. The van der Waals surface area contributed by atoms with Crippen molar-refractivity contribution in [3.05, 3.63) is 53.0 Å². The van der Waals surface area contributed by atoms with Gasteiger partial charge in [0.15, 0.2) is 0 Å². The Hall–Kier alpha value is 0.194. The van der Waals surface area contributed by atoms with Gasteiger partial charge < -0.3 is 28.7 Å². The molecule has 0 spiro atoms. The molecule has 0 radical (unpaired) electrons. The Bertz CT molecular complexity index is 254. The van der Waals surface area contributed by atoms with Crippen LogP contribution in [0.15, 0.2) is 24.3 Å². The maximum absolute atomic E-state index is 2.62. The van der Waals surface area contributed by atoms with Crippen molar-refractivity contribution in [1.82, 2.24) is 0 Å². The first-order valence-corrected chi connectivity index (χ1v) is 5.65. The average molecular weight is 266 g/mol. The van der Waals surface area contributed by atoms with Gasteiger partial charge in [-0.05, 0) is 5.92 Å². The molecule has 0 amide bonds. The molecule has 2 fully saturated rings. The van der Waals surface area contributed by atoms with E-state index in [1.54, 1.807) is 0 Å². The van der Waals surface area contributed by atoms with Crippen molar-refractivity contribution in [2.24, 2.45) is 23.7 Å². The van der Waals surface area contributed by atoms with Gasteiger partial charge in [0.1, 0.15) is 0 Å². The first kappa shape index (κ1) is 19.5. The molecule has 4 unspecified atom stereocenters. The summed E-state index contributed by atoms with van der Waals surface area (Å²) in [6.45, 7) is 0. The topological polar surface area (TPSA) is 0 Å². The Morgan fingerprint density at radius 2 is 1.53 bits per heavy atom. The summed E-state index contributed by atoms with van der Waals surface area (Å²) in [5.74, 6) is 3.56. The van der Waals surface area contributed by atoms with E-state index in [1.165, 1.54) is 25.7 Å². The molecule has 4 atom stereocenters. The second-order valence-electron chi connectivity index (χ2n) is 4.73. The summed E-state index contributed by atoms with van der Waals surface area (Å²) < 4.78 is 0. The van der Waals surface area contributed by atoms with Crippen LogP contribution < -0.4 is 0 Å². The molecule has 0 nitrogen and oxygen atoms in total. The van der Waals surface area contributed by atoms with Gasteiger partial charge in [0.2, 0.25) is 0 Å². The van der Waals surface area contributed by atoms with Crippen LogP contribution in [0.25, 0.3) is 0 Å². The molecule has 0 aromatic rings. The molecule has 2 saturated carbocycles. The smallest absolute Gasteiger partial charge is 0.358 e. The molecule has 0 heterocycles. The van der Waals surface area contributed by atoms with Crippen LogP contribution in [0.4, 0.5) is 0 Å². The van der Waals surface area contributed by atoms with Gasteiger partial charge in [0, 0.05) is 0 Å². The summed E-state index contributed by atoms with van der Waals surface area (Å²) in [7, 11) is 0. The molecule has 1 heteroatoms. The number of fused-ring (bicyclic) bond motifs is 3. The average Bonchev–Trinajstić information content (AvgIpc) is 2.56. The van der Waals surface area contributed by atoms with E-state index >= 15 is 0 Å². The van der Waals surface area contributed by atoms with E-state index in [4.69, 9.17) is 0 Å². The van der Waals surface area contributed by atoms with Crippen molar-refractivity contribution in [2.45, 2.75) is 25.7 Å². The first-order chi connectivity index (χ1) is 6.45. The third-order valence-electron chi connectivity index (χ3n) is 4.06. The van der Waals surface area contributed by atoms with E-state index in [1.807, 2.05) is 0 Å². The molecule has 3 rings (SSSR count). The Balaban J connectivity index is 0. The van der Waals surface area contributed by atoms with Crippen molar-refractivity contribution < 1.29 is 21.7 Å². The monoisotopic (exact) mass is 266 g/mol. The first-order valence-electron chi connectivity index (χ1n) is 5.65. The zero-order valence-electron chi connectivity index (χ0n) is 11.5. The fourth-order valence-electron chi connectivity index (χ4n) is 3.45. The van der Waals surface area contributed by atoms with E-state index in [2.05, 4.69) is 30.7 Å². The van der Waals surface area contributed by atoms with E-state index in [9.17, 15) is 0 Å². The van der Waals surface area contributed by atoms with Crippen LogP contribution in [-0.2, 0) is 21.7 Å². The molecular formula is C16H26Ti. The molecular weight excluding hydrogens is 240 g/mol. The van der Waals surface area contributed by atoms with Gasteiger partial charge in [0.25, 0.3) is 0 Å². The Morgan fingerprint density at radius 3 is 2.29 bits per heavy atom. The van der Waals surface area contributed by atoms with Gasteiger partial charge in [-0.2, -0.15) is 5.92 Å². The van der Waals surface area contributed by atoms with Gasteiger partial charge in [-0.25, -0.2) is 0 Å².